The molecule has 0 saturated carbocycles. The Morgan fingerprint density at radius 3 is 2.15 bits per heavy atom. The lowest BCUT2D eigenvalue weighted by Gasteiger charge is -2.18. The first-order valence-corrected chi connectivity index (χ1v) is 8.31. The summed E-state index contributed by atoms with van der Waals surface area (Å²) in [5.41, 5.74) is -0.409. The van der Waals surface area contributed by atoms with Crippen LogP contribution in [0.1, 0.15) is 25.0 Å². The summed E-state index contributed by atoms with van der Waals surface area (Å²) in [5.74, 6) is 9.83. The SMILES string of the molecule is CC(C)(C#C/C=C(\C#Cc1ccccc1)C(F)(F)F)OCc1ccccc1. The zero-order valence-electron chi connectivity index (χ0n) is 15.1. The molecule has 27 heavy (non-hydrogen) atoms. The monoisotopic (exact) mass is 368 g/mol. The summed E-state index contributed by atoms with van der Waals surface area (Å²) < 4.78 is 45.1. The molecule has 0 atom stereocenters. The fraction of sp³-hybridized carbons (Fsp3) is 0.217. The molecular weight excluding hydrogens is 349 g/mol. The van der Waals surface area contributed by atoms with Gasteiger partial charge >= 0.3 is 6.18 Å². The van der Waals surface area contributed by atoms with E-state index in [-0.39, 0.29) is 0 Å². The van der Waals surface area contributed by atoms with Crippen LogP contribution in [0, 0.1) is 23.7 Å². The van der Waals surface area contributed by atoms with Crippen LogP contribution in [0.15, 0.2) is 72.3 Å². The highest BCUT2D eigenvalue weighted by Gasteiger charge is 2.32. The maximum atomic E-state index is 13.1. The molecule has 0 unspecified atom stereocenters. The van der Waals surface area contributed by atoms with Crippen molar-refractivity contribution < 1.29 is 17.9 Å². The molecule has 0 heterocycles. The maximum absolute atomic E-state index is 13.1. The van der Waals surface area contributed by atoms with E-state index < -0.39 is 17.4 Å². The van der Waals surface area contributed by atoms with Crippen molar-refractivity contribution in [1.29, 1.82) is 0 Å². The van der Waals surface area contributed by atoms with Crippen molar-refractivity contribution in [3.05, 3.63) is 83.4 Å². The quantitative estimate of drug-likeness (QED) is 0.648. The van der Waals surface area contributed by atoms with Crippen molar-refractivity contribution in [3.8, 4) is 23.7 Å². The highest BCUT2D eigenvalue weighted by atomic mass is 19.4. The third kappa shape index (κ3) is 7.44. The second-order valence-electron chi connectivity index (χ2n) is 6.23. The molecule has 0 radical (unpaired) electrons. The van der Waals surface area contributed by atoms with Crippen molar-refractivity contribution in [2.75, 3.05) is 0 Å². The van der Waals surface area contributed by atoms with Crippen molar-refractivity contribution >= 4 is 0 Å². The van der Waals surface area contributed by atoms with Crippen LogP contribution < -0.4 is 0 Å². The lowest BCUT2D eigenvalue weighted by molar-refractivity contribution is -0.0871. The van der Waals surface area contributed by atoms with Gasteiger partial charge in [0.25, 0.3) is 0 Å². The van der Waals surface area contributed by atoms with Crippen molar-refractivity contribution in [3.63, 3.8) is 0 Å². The first kappa shape index (κ1) is 20.4. The summed E-state index contributed by atoms with van der Waals surface area (Å²) in [6.45, 7) is 3.74. The van der Waals surface area contributed by atoms with Gasteiger partial charge in [0.05, 0.1) is 6.61 Å². The molecule has 0 N–H and O–H groups in total. The normalized spacial score (nSPS) is 11.8. The van der Waals surface area contributed by atoms with Crippen LogP contribution >= 0.6 is 0 Å². The van der Waals surface area contributed by atoms with Gasteiger partial charge in [0, 0.05) is 11.6 Å². The van der Waals surface area contributed by atoms with Gasteiger partial charge in [-0.25, -0.2) is 0 Å². The van der Waals surface area contributed by atoms with Crippen LogP contribution in [-0.4, -0.2) is 11.8 Å². The van der Waals surface area contributed by atoms with Crippen molar-refractivity contribution in [2.24, 2.45) is 0 Å². The number of rotatable bonds is 3. The van der Waals surface area contributed by atoms with Gasteiger partial charge in [0.15, 0.2) is 0 Å². The van der Waals surface area contributed by atoms with Gasteiger partial charge in [-0.1, -0.05) is 72.2 Å². The third-order valence-corrected chi connectivity index (χ3v) is 3.45. The molecule has 0 amide bonds. The Labute approximate surface area is 157 Å². The minimum absolute atomic E-state index is 0.326. The molecule has 0 aliphatic rings. The Kier molecular flexibility index (Phi) is 6.88. The number of alkyl halides is 3. The standard InChI is InChI=1S/C23H19F3O/c1-22(2,27-18-20-12-7-4-8-13-20)17-9-14-21(23(24,25)26)16-15-19-10-5-3-6-11-19/h3-8,10-14H,18H2,1-2H3/b21-14+. The molecule has 0 aliphatic carbocycles. The van der Waals surface area contributed by atoms with Crippen LogP contribution in [0.25, 0.3) is 0 Å². The fourth-order valence-electron chi connectivity index (χ4n) is 2.01. The Balaban J connectivity index is 2.12. The first-order chi connectivity index (χ1) is 12.8. The molecule has 0 aromatic heterocycles. The molecule has 2 rings (SSSR count). The second kappa shape index (κ2) is 9.12. The number of halogens is 3. The Morgan fingerprint density at radius 1 is 0.963 bits per heavy atom. The lowest BCUT2D eigenvalue weighted by Crippen LogP contribution is -2.21. The van der Waals surface area contributed by atoms with Crippen molar-refractivity contribution in [1.82, 2.24) is 0 Å². The van der Waals surface area contributed by atoms with Gasteiger partial charge < -0.3 is 4.74 Å². The summed E-state index contributed by atoms with van der Waals surface area (Å²) in [4.78, 5) is 0. The van der Waals surface area contributed by atoms with E-state index >= 15 is 0 Å². The zero-order chi connectivity index (χ0) is 19.8. The van der Waals surface area contributed by atoms with E-state index in [4.69, 9.17) is 4.74 Å². The Hall–Kier alpha value is -2.95. The van der Waals surface area contributed by atoms with Crippen molar-refractivity contribution in [2.45, 2.75) is 32.2 Å². The van der Waals surface area contributed by atoms with E-state index in [1.165, 1.54) is 0 Å². The van der Waals surface area contributed by atoms with Crippen LogP contribution in [-0.2, 0) is 11.3 Å². The molecule has 138 valence electrons. The minimum Gasteiger partial charge on any atom is -0.358 e. The van der Waals surface area contributed by atoms with E-state index in [2.05, 4.69) is 23.7 Å². The van der Waals surface area contributed by atoms with Gasteiger partial charge in [-0.3, -0.25) is 0 Å². The summed E-state index contributed by atoms with van der Waals surface area (Å²) in [7, 11) is 0. The number of hydrogen-bond donors (Lipinski definition) is 0. The molecule has 4 heteroatoms. The molecule has 2 aromatic rings. The molecule has 0 aliphatic heterocycles. The fourth-order valence-corrected chi connectivity index (χ4v) is 2.01. The molecule has 0 saturated heterocycles. The van der Waals surface area contributed by atoms with Crippen LogP contribution in [0.5, 0.6) is 0 Å². The van der Waals surface area contributed by atoms with E-state index in [0.29, 0.717) is 12.2 Å². The van der Waals surface area contributed by atoms with Crippen LogP contribution in [0.4, 0.5) is 13.2 Å². The van der Waals surface area contributed by atoms with Gasteiger partial charge in [-0.05, 0) is 31.5 Å². The van der Waals surface area contributed by atoms with E-state index in [1.807, 2.05) is 30.3 Å². The summed E-state index contributed by atoms with van der Waals surface area (Å²) in [6.07, 6.45) is -3.77. The molecular formula is C23H19F3O. The number of hydrogen-bond acceptors (Lipinski definition) is 1. The molecule has 0 bridgehead atoms. The number of ether oxygens (including phenoxy) is 1. The smallest absolute Gasteiger partial charge is 0.358 e. The van der Waals surface area contributed by atoms with E-state index in [0.717, 1.165) is 11.6 Å². The minimum atomic E-state index is -4.56. The number of allylic oxidation sites excluding steroid dienone is 2. The van der Waals surface area contributed by atoms with Gasteiger partial charge in [-0.2, -0.15) is 13.2 Å². The topological polar surface area (TPSA) is 9.23 Å². The molecule has 0 spiro atoms. The third-order valence-electron chi connectivity index (χ3n) is 3.45. The summed E-state index contributed by atoms with van der Waals surface area (Å²) >= 11 is 0. The highest BCUT2D eigenvalue weighted by Crippen LogP contribution is 2.24. The Morgan fingerprint density at radius 2 is 1.56 bits per heavy atom. The predicted molar refractivity (Wildman–Crippen MR) is 101 cm³/mol. The molecule has 1 nitrogen and oxygen atoms in total. The van der Waals surface area contributed by atoms with Gasteiger partial charge in [0.1, 0.15) is 11.2 Å². The first-order valence-electron chi connectivity index (χ1n) is 8.31. The van der Waals surface area contributed by atoms with Gasteiger partial charge in [0.2, 0.25) is 0 Å². The highest BCUT2D eigenvalue weighted by molar-refractivity contribution is 5.45. The number of benzene rings is 2. The van der Waals surface area contributed by atoms with E-state index in [9.17, 15) is 13.2 Å². The maximum Gasteiger partial charge on any atom is 0.424 e. The lowest BCUT2D eigenvalue weighted by atomic mass is 10.1. The summed E-state index contributed by atoms with van der Waals surface area (Å²) in [5, 5.41) is 0. The summed E-state index contributed by atoms with van der Waals surface area (Å²) in [6, 6.07) is 18.0. The largest absolute Gasteiger partial charge is 0.424 e. The van der Waals surface area contributed by atoms with Crippen LogP contribution in [0.3, 0.4) is 0 Å². The van der Waals surface area contributed by atoms with E-state index in [1.54, 1.807) is 44.2 Å². The molecule has 2 aromatic carbocycles. The molecule has 0 fully saturated rings. The van der Waals surface area contributed by atoms with Gasteiger partial charge in [-0.15, -0.1) is 0 Å². The average Bonchev–Trinajstić information content (AvgIpc) is 2.63. The zero-order valence-corrected chi connectivity index (χ0v) is 15.1. The second-order valence-corrected chi connectivity index (χ2v) is 6.23. The predicted octanol–water partition coefficient (Wildman–Crippen LogP) is 5.53. The van der Waals surface area contributed by atoms with Crippen LogP contribution in [0.2, 0.25) is 0 Å². The Bertz CT molecular complexity index is 887. The average molecular weight is 368 g/mol.